The molecule has 6 nitrogen and oxygen atoms in total. The summed E-state index contributed by atoms with van der Waals surface area (Å²) in [6, 6.07) is 1.37. The minimum absolute atomic E-state index is 0.0424. The zero-order valence-electron chi connectivity index (χ0n) is 8.90. The third-order valence-corrected chi connectivity index (χ3v) is 1.61. The quantitative estimate of drug-likeness (QED) is 0.440. The number of nitrogens with zero attached hydrogens (tertiary/aromatic N) is 2. The highest BCUT2D eigenvalue weighted by Crippen LogP contribution is 2.17. The standard InChI is InChI=1S/C9H11ClN2O4/c1-6(13)16-8-5-7(10)11-9(12-8)15-4-3-14-2/h5H,3-4H2,1-2H3. The molecule has 0 N–H and O–H groups in total. The lowest BCUT2D eigenvalue weighted by atomic mass is 10.6. The van der Waals surface area contributed by atoms with Crippen LogP contribution in [0.2, 0.25) is 5.15 Å². The van der Waals surface area contributed by atoms with Gasteiger partial charge in [-0.25, -0.2) is 0 Å². The van der Waals surface area contributed by atoms with Crippen molar-refractivity contribution in [3.63, 3.8) is 0 Å². The summed E-state index contributed by atoms with van der Waals surface area (Å²) in [6.45, 7) is 1.95. The molecule has 16 heavy (non-hydrogen) atoms. The van der Waals surface area contributed by atoms with Crippen LogP contribution in [0.4, 0.5) is 0 Å². The van der Waals surface area contributed by atoms with Crippen LogP contribution in [0.15, 0.2) is 6.07 Å². The van der Waals surface area contributed by atoms with Gasteiger partial charge in [0.15, 0.2) is 0 Å². The first-order valence-corrected chi connectivity index (χ1v) is 4.84. The summed E-state index contributed by atoms with van der Waals surface area (Å²) < 4.78 is 14.7. The summed E-state index contributed by atoms with van der Waals surface area (Å²) in [5, 5.41) is 0.138. The molecule has 0 aliphatic rings. The van der Waals surface area contributed by atoms with Crippen LogP contribution in [-0.4, -0.2) is 36.3 Å². The van der Waals surface area contributed by atoms with Gasteiger partial charge in [0.25, 0.3) is 0 Å². The maximum atomic E-state index is 10.7. The van der Waals surface area contributed by atoms with E-state index in [9.17, 15) is 4.79 Å². The third-order valence-electron chi connectivity index (χ3n) is 1.42. The fourth-order valence-corrected chi connectivity index (χ4v) is 1.02. The van der Waals surface area contributed by atoms with E-state index in [1.54, 1.807) is 7.11 Å². The number of hydrogen-bond acceptors (Lipinski definition) is 6. The number of ether oxygens (including phenoxy) is 3. The Balaban J connectivity index is 2.69. The van der Waals surface area contributed by atoms with Gasteiger partial charge in [-0.2, -0.15) is 9.97 Å². The van der Waals surface area contributed by atoms with Gasteiger partial charge in [0.2, 0.25) is 5.88 Å². The molecular formula is C9H11ClN2O4. The van der Waals surface area contributed by atoms with Crippen molar-refractivity contribution in [2.24, 2.45) is 0 Å². The molecule has 0 bridgehead atoms. The smallest absolute Gasteiger partial charge is 0.321 e. The summed E-state index contributed by atoms with van der Waals surface area (Å²) in [7, 11) is 1.55. The van der Waals surface area contributed by atoms with Crippen molar-refractivity contribution in [3.8, 4) is 11.9 Å². The van der Waals surface area contributed by atoms with E-state index >= 15 is 0 Å². The van der Waals surface area contributed by atoms with Crippen LogP contribution in [0.3, 0.4) is 0 Å². The lowest BCUT2D eigenvalue weighted by molar-refractivity contribution is -0.132. The molecule has 1 aromatic heterocycles. The van der Waals surface area contributed by atoms with Crippen LogP contribution < -0.4 is 9.47 Å². The number of carbonyl (C=O) groups is 1. The fourth-order valence-electron chi connectivity index (χ4n) is 0.857. The zero-order valence-corrected chi connectivity index (χ0v) is 9.65. The van der Waals surface area contributed by atoms with Crippen LogP contribution in [0.5, 0.6) is 11.9 Å². The summed E-state index contributed by atoms with van der Waals surface area (Å²) >= 11 is 5.69. The molecule has 1 rings (SSSR count). The van der Waals surface area contributed by atoms with Crippen LogP contribution in [-0.2, 0) is 9.53 Å². The van der Waals surface area contributed by atoms with Crippen LogP contribution >= 0.6 is 11.6 Å². The van der Waals surface area contributed by atoms with Gasteiger partial charge >= 0.3 is 12.0 Å². The van der Waals surface area contributed by atoms with Gasteiger partial charge in [0.05, 0.1) is 6.61 Å². The van der Waals surface area contributed by atoms with Crippen molar-refractivity contribution in [2.75, 3.05) is 20.3 Å². The van der Waals surface area contributed by atoms with Crippen molar-refractivity contribution in [1.82, 2.24) is 9.97 Å². The van der Waals surface area contributed by atoms with Gasteiger partial charge in [-0.05, 0) is 0 Å². The Morgan fingerprint density at radius 3 is 2.81 bits per heavy atom. The van der Waals surface area contributed by atoms with Crippen LogP contribution in [0.1, 0.15) is 6.92 Å². The van der Waals surface area contributed by atoms with Gasteiger partial charge in [0.1, 0.15) is 11.8 Å². The van der Waals surface area contributed by atoms with Gasteiger partial charge < -0.3 is 14.2 Å². The second kappa shape index (κ2) is 6.24. The van der Waals surface area contributed by atoms with E-state index in [1.165, 1.54) is 13.0 Å². The lowest BCUT2D eigenvalue weighted by Gasteiger charge is -2.05. The number of esters is 1. The Morgan fingerprint density at radius 2 is 2.19 bits per heavy atom. The first-order chi connectivity index (χ1) is 7.61. The van der Waals surface area contributed by atoms with Gasteiger partial charge in [-0.3, -0.25) is 4.79 Å². The largest absolute Gasteiger partial charge is 0.461 e. The van der Waals surface area contributed by atoms with E-state index in [1.807, 2.05) is 0 Å². The van der Waals surface area contributed by atoms with E-state index in [2.05, 4.69) is 9.97 Å². The van der Waals surface area contributed by atoms with E-state index in [0.717, 1.165) is 0 Å². The molecule has 0 atom stereocenters. The monoisotopic (exact) mass is 246 g/mol. The molecule has 0 amide bonds. The van der Waals surface area contributed by atoms with Crippen LogP contribution in [0, 0.1) is 0 Å². The van der Waals surface area contributed by atoms with Gasteiger partial charge in [-0.1, -0.05) is 11.6 Å². The normalized spacial score (nSPS) is 9.94. The van der Waals surface area contributed by atoms with E-state index < -0.39 is 5.97 Å². The van der Waals surface area contributed by atoms with Gasteiger partial charge in [-0.15, -0.1) is 0 Å². The number of hydrogen-bond donors (Lipinski definition) is 0. The molecule has 0 saturated heterocycles. The molecule has 0 saturated carbocycles. The Morgan fingerprint density at radius 1 is 1.44 bits per heavy atom. The van der Waals surface area contributed by atoms with Crippen LogP contribution in [0.25, 0.3) is 0 Å². The van der Waals surface area contributed by atoms with E-state index in [4.69, 9.17) is 25.8 Å². The molecule has 1 aromatic rings. The summed E-state index contributed by atoms with van der Waals surface area (Å²) in [5.41, 5.74) is 0. The highest BCUT2D eigenvalue weighted by Gasteiger charge is 2.07. The van der Waals surface area contributed by atoms with Crippen molar-refractivity contribution in [1.29, 1.82) is 0 Å². The molecular weight excluding hydrogens is 236 g/mol. The molecule has 0 aliphatic heterocycles. The summed E-state index contributed by atoms with van der Waals surface area (Å²) in [6.07, 6.45) is 0. The van der Waals surface area contributed by atoms with E-state index in [-0.39, 0.29) is 23.7 Å². The average Bonchev–Trinajstić information content (AvgIpc) is 2.16. The molecule has 0 aliphatic carbocycles. The minimum atomic E-state index is -0.488. The van der Waals surface area contributed by atoms with Gasteiger partial charge in [0, 0.05) is 20.1 Å². The van der Waals surface area contributed by atoms with E-state index in [0.29, 0.717) is 6.61 Å². The molecule has 0 spiro atoms. The maximum absolute atomic E-state index is 10.7. The van der Waals surface area contributed by atoms with Crippen molar-refractivity contribution >= 4 is 17.6 Å². The molecule has 0 aromatic carbocycles. The minimum Gasteiger partial charge on any atom is -0.461 e. The second-order valence-corrected chi connectivity index (χ2v) is 3.13. The Hall–Kier alpha value is -1.40. The molecule has 0 unspecified atom stereocenters. The Labute approximate surface area is 97.5 Å². The average molecular weight is 247 g/mol. The second-order valence-electron chi connectivity index (χ2n) is 2.75. The summed E-state index contributed by atoms with van der Waals surface area (Å²) in [4.78, 5) is 18.3. The molecule has 1 heterocycles. The fraction of sp³-hybridized carbons (Fsp3) is 0.444. The molecule has 7 heteroatoms. The molecule has 0 radical (unpaired) electrons. The first-order valence-electron chi connectivity index (χ1n) is 4.46. The lowest BCUT2D eigenvalue weighted by Crippen LogP contribution is -2.09. The zero-order chi connectivity index (χ0) is 12.0. The number of halogens is 1. The Kier molecular flexibility index (Phi) is 4.94. The number of aromatic nitrogens is 2. The SMILES string of the molecule is COCCOc1nc(Cl)cc(OC(C)=O)n1. The number of rotatable bonds is 5. The summed E-state index contributed by atoms with van der Waals surface area (Å²) in [5.74, 6) is -0.433. The first kappa shape index (κ1) is 12.7. The topological polar surface area (TPSA) is 70.5 Å². The van der Waals surface area contributed by atoms with Crippen molar-refractivity contribution < 1.29 is 19.0 Å². The number of carbonyl (C=O) groups excluding carboxylic acids is 1. The third kappa shape index (κ3) is 4.41. The predicted octanol–water partition coefficient (Wildman–Crippen LogP) is 1.08. The molecule has 0 fully saturated rings. The van der Waals surface area contributed by atoms with Crippen molar-refractivity contribution in [2.45, 2.75) is 6.92 Å². The Bertz CT molecular complexity index is 373. The predicted molar refractivity (Wildman–Crippen MR) is 55.7 cm³/mol. The molecule has 88 valence electrons. The van der Waals surface area contributed by atoms with Crippen molar-refractivity contribution in [3.05, 3.63) is 11.2 Å². The number of methoxy groups -OCH3 is 1. The maximum Gasteiger partial charge on any atom is 0.321 e. The highest BCUT2D eigenvalue weighted by atomic mass is 35.5. The highest BCUT2D eigenvalue weighted by molar-refractivity contribution is 6.29.